The zero-order valence-electron chi connectivity index (χ0n) is 31.3. The van der Waals surface area contributed by atoms with Crippen LogP contribution in [-0.4, -0.2) is 81.9 Å². The highest BCUT2D eigenvalue weighted by atomic mass is 19.1. The van der Waals surface area contributed by atoms with Crippen LogP contribution in [0.15, 0.2) is 47.3 Å². The van der Waals surface area contributed by atoms with Crippen molar-refractivity contribution in [2.75, 3.05) is 32.8 Å². The fourth-order valence-electron chi connectivity index (χ4n) is 11.7. The van der Waals surface area contributed by atoms with Crippen molar-refractivity contribution in [2.45, 2.75) is 103 Å². The quantitative estimate of drug-likeness (QED) is 0.256. The van der Waals surface area contributed by atoms with Crippen LogP contribution < -0.4 is 5.56 Å². The van der Waals surface area contributed by atoms with E-state index in [0.717, 1.165) is 36.5 Å². The van der Waals surface area contributed by atoms with Gasteiger partial charge in [-0.15, -0.1) is 0 Å². The molecule has 9 nitrogen and oxygen atoms in total. The summed E-state index contributed by atoms with van der Waals surface area (Å²) in [4.78, 5) is 42.3. The fraction of sp³-hybridized carbons (Fsp3) is 0.628. The number of aliphatic hydroxyl groups is 1. The molecule has 5 fully saturated rings. The monoisotopic (exact) mass is 726 g/mol. The summed E-state index contributed by atoms with van der Waals surface area (Å²) in [5.74, 6) is 2.03. The first kappa shape index (κ1) is 36.4. The number of aliphatic hydroxyl groups excluding tert-OH is 1. The first-order valence-corrected chi connectivity index (χ1v) is 20.2. The van der Waals surface area contributed by atoms with Crippen molar-refractivity contribution in [3.8, 4) is 0 Å². The van der Waals surface area contributed by atoms with E-state index in [2.05, 4.69) is 24.0 Å². The zero-order chi connectivity index (χ0) is 36.9. The van der Waals surface area contributed by atoms with Crippen LogP contribution in [-0.2, 0) is 16.0 Å². The highest BCUT2D eigenvalue weighted by Gasteiger charge is 2.60. The zero-order valence-corrected chi connectivity index (χ0v) is 31.3. The molecule has 10 heteroatoms. The summed E-state index contributed by atoms with van der Waals surface area (Å²) in [6.45, 7) is 7.14. The number of halogens is 1. The normalized spacial score (nSPS) is 32.6. The standard InChI is InChI=1S/C43H55FN4O5/c1-42-17-15-29(49)26-28(42)10-11-32-34-12-14-38(43(34,2)18-16-35(32)42)53-23-5-8-39(50)47-19-21-48(22-20-47)41(52)33-24-27(9-13-36(33)44)25-37-30-6-3-4-7-31(30)40(51)46-45-37/h3-4,6-7,9,13,24,28-29,32,34-35,38,49H,5,8,10-12,14-23,25-26H2,1-2H3,(H,46,51)/t28-,29?,32-,34-,35-,38-,42-,43-/m0/s1. The smallest absolute Gasteiger partial charge is 0.272 e. The van der Waals surface area contributed by atoms with Gasteiger partial charge < -0.3 is 19.6 Å². The Hall–Kier alpha value is -3.63. The molecule has 0 spiro atoms. The van der Waals surface area contributed by atoms with Crippen molar-refractivity contribution < 1.29 is 23.8 Å². The van der Waals surface area contributed by atoms with Gasteiger partial charge in [0.2, 0.25) is 5.91 Å². The molecule has 4 saturated carbocycles. The van der Waals surface area contributed by atoms with Gasteiger partial charge in [0.25, 0.3) is 11.5 Å². The summed E-state index contributed by atoms with van der Waals surface area (Å²) in [7, 11) is 0. The molecule has 284 valence electrons. The number of hydrogen-bond acceptors (Lipinski definition) is 6. The molecule has 2 heterocycles. The molecule has 8 atom stereocenters. The summed E-state index contributed by atoms with van der Waals surface area (Å²) in [6, 6.07) is 11.7. The molecule has 2 amide bonds. The van der Waals surface area contributed by atoms with E-state index >= 15 is 0 Å². The number of piperazine rings is 1. The van der Waals surface area contributed by atoms with Crippen LogP contribution in [0.2, 0.25) is 0 Å². The Balaban J connectivity index is 0.804. The van der Waals surface area contributed by atoms with Crippen LogP contribution in [0.25, 0.3) is 10.8 Å². The lowest BCUT2D eigenvalue weighted by atomic mass is 9.45. The molecule has 1 unspecified atom stereocenters. The second-order valence-corrected chi connectivity index (χ2v) is 17.4. The first-order valence-electron chi connectivity index (χ1n) is 20.2. The largest absolute Gasteiger partial charge is 0.393 e. The van der Waals surface area contributed by atoms with Crippen LogP contribution in [0.4, 0.5) is 4.39 Å². The summed E-state index contributed by atoms with van der Waals surface area (Å²) in [5, 5.41) is 18.4. The Kier molecular flexibility index (Phi) is 9.98. The molecule has 8 rings (SSSR count). The number of aromatic amines is 1. The van der Waals surface area contributed by atoms with Gasteiger partial charge in [-0.1, -0.05) is 38.1 Å². The van der Waals surface area contributed by atoms with E-state index in [9.17, 15) is 23.9 Å². The second kappa shape index (κ2) is 14.5. The van der Waals surface area contributed by atoms with Gasteiger partial charge in [-0.3, -0.25) is 14.4 Å². The van der Waals surface area contributed by atoms with E-state index in [1.54, 1.807) is 29.2 Å². The topological polar surface area (TPSA) is 116 Å². The molecular formula is C43H55FN4O5. The van der Waals surface area contributed by atoms with Crippen molar-refractivity contribution in [3.63, 3.8) is 0 Å². The fourth-order valence-corrected chi connectivity index (χ4v) is 11.7. The molecule has 53 heavy (non-hydrogen) atoms. The van der Waals surface area contributed by atoms with E-state index in [4.69, 9.17) is 4.74 Å². The molecule has 2 N–H and O–H groups in total. The van der Waals surface area contributed by atoms with E-state index in [1.165, 1.54) is 44.6 Å². The molecule has 5 aliphatic rings. The van der Waals surface area contributed by atoms with Gasteiger partial charge >= 0.3 is 0 Å². The van der Waals surface area contributed by atoms with Crippen LogP contribution in [0.1, 0.15) is 106 Å². The number of ether oxygens (including phenoxy) is 1. The Labute approximate surface area is 311 Å². The minimum Gasteiger partial charge on any atom is -0.393 e. The number of carbonyl (C=O) groups excluding carboxylic acids is 2. The SMILES string of the molecule is C[C@]12CCC(O)C[C@@H]1CC[C@@H]1[C@@H]2CC[C@]2(C)[C@@H](OCCCC(=O)N3CCN(C(=O)c4cc(Cc5n[nH]c(=O)c6ccccc56)ccc4F)CC3)CC[C@@H]12. The lowest BCUT2D eigenvalue weighted by Crippen LogP contribution is -2.54. The minimum atomic E-state index is -0.585. The Morgan fingerprint density at radius 3 is 2.47 bits per heavy atom. The molecule has 2 aromatic carbocycles. The molecule has 3 aromatic rings. The number of H-pyrrole nitrogens is 1. The number of rotatable bonds is 8. The number of fused-ring (bicyclic) bond motifs is 6. The van der Waals surface area contributed by atoms with Gasteiger partial charge in [-0.25, -0.2) is 9.49 Å². The minimum absolute atomic E-state index is 0.000181. The lowest BCUT2D eigenvalue weighted by Gasteiger charge is -2.60. The summed E-state index contributed by atoms with van der Waals surface area (Å²) in [5.41, 5.74) is 1.67. The third-order valence-electron chi connectivity index (χ3n) is 14.7. The van der Waals surface area contributed by atoms with Crippen molar-refractivity contribution in [3.05, 3.63) is 75.5 Å². The van der Waals surface area contributed by atoms with Gasteiger partial charge in [0.15, 0.2) is 0 Å². The van der Waals surface area contributed by atoms with Crippen LogP contribution in [0, 0.1) is 40.3 Å². The summed E-state index contributed by atoms with van der Waals surface area (Å²) >= 11 is 0. The van der Waals surface area contributed by atoms with E-state index in [-0.39, 0.29) is 40.6 Å². The molecule has 0 bridgehead atoms. The maximum Gasteiger partial charge on any atom is 0.272 e. The average Bonchev–Trinajstić information content (AvgIpc) is 3.51. The van der Waals surface area contributed by atoms with E-state index in [1.807, 2.05) is 17.0 Å². The highest BCUT2D eigenvalue weighted by molar-refractivity contribution is 5.95. The molecule has 1 aromatic heterocycles. The molecular weight excluding hydrogens is 671 g/mol. The predicted molar refractivity (Wildman–Crippen MR) is 201 cm³/mol. The Morgan fingerprint density at radius 1 is 0.925 bits per heavy atom. The summed E-state index contributed by atoms with van der Waals surface area (Å²) < 4.78 is 21.6. The Morgan fingerprint density at radius 2 is 1.66 bits per heavy atom. The van der Waals surface area contributed by atoms with Crippen LogP contribution in [0.3, 0.4) is 0 Å². The molecule has 1 aliphatic heterocycles. The number of nitrogens with zero attached hydrogens (tertiary/aromatic N) is 3. The third kappa shape index (κ3) is 6.72. The number of hydrogen-bond donors (Lipinski definition) is 2. The van der Waals surface area contributed by atoms with Crippen molar-refractivity contribution in [1.29, 1.82) is 0 Å². The molecule has 0 radical (unpaired) electrons. The number of amides is 2. The number of carbonyl (C=O) groups is 2. The maximum atomic E-state index is 15.0. The van der Waals surface area contributed by atoms with Gasteiger partial charge in [0.1, 0.15) is 5.82 Å². The second-order valence-electron chi connectivity index (χ2n) is 17.4. The average molecular weight is 727 g/mol. The van der Waals surface area contributed by atoms with Gasteiger partial charge in [-0.2, -0.15) is 5.10 Å². The molecule has 1 saturated heterocycles. The summed E-state index contributed by atoms with van der Waals surface area (Å²) in [6.07, 6.45) is 12.1. The van der Waals surface area contributed by atoms with Gasteiger partial charge in [-0.05, 0) is 122 Å². The predicted octanol–water partition coefficient (Wildman–Crippen LogP) is 6.51. The van der Waals surface area contributed by atoms with Crippen molar-refractivity contribution >= 4 is 22.6 Å². The number of benzene rings is 2. The number of nitrogens with one attached hydrogen (secondary N) is 1. The van der Waals surface area contributed by atoms with E-state index < -0.39 is 5.82 Å². The van der Waals surface area contributed by atoms with Crippen molar-refractivity contribution in [2.24, 2.45) is 34.5 Å². The van der Waals surface area contributed by atoms with Crippen LogP contribution in [0.5, 0.6) is 0 Å². The van der Waals surface area contributed by atoms with Crippen LogP contribution >= 0.6 is 0 Å². The van der Waals surface area contributed by atoms with E-state index in [0.29, 0.717) is 85.9 Å². The number of aromatic nitrogens is 2. The third-order valence-corrected chi connectivity index (χ3v) is 14.7. The molecule has 4 aliphatic carbocycles. The highest BCUT2D eigenvalue weighted by Crippen LogP contribution is 2.66. The van der Waals surface area contributed by atoms with Crippen molar-refractivity contribution in [1.82, 2.24) is 20.0 Å². The maximum absolute atomic E-state index is 15.0. The van der Waals surface area contributed by atoms with Gasteiger partial charge in [0.05, 0.1) is 28.9 Å². The van der Waals surface area contributed by atoms with Gasteiger partial charge in [0, 0.05) is 51.0 Å². The lowest BCUT2D eigenvalue weighted by molar-refractivity contribution is -0.142. The Bertz CT molecular complexity index is 1910. The first-order chi connectivity index (χ1) is 25.5.